The second-order valence-electron chi connectivity index (χ2n) is 7.60. The fourth-order valence-corrected chi connectivity index (χ4v) is 3.96. The maximum Gasteiger partial charge on any atom is 0.394 e. The number of nitrogens with zero attached hydrogens (tertiary/aromatic N) is 1. The molecule has 162 valence electrons. The van der Waals surface area contributed by atoms with Crippen molar-refractivity contribution in [3.05, 3.63) is 101 Å². The van der Waals surface area contributed by atoms with Crippen LogP contribution in [0.1, 0.15) is 5.56 Å². The summed E-state index contributed by atoms with van der Waals surface area (Å²) >= 11 is 0. The van der Waals surface area contributed by atoms with E-state index in [9.17, 15) is 14.4 Å². The molecule has 3 aromatic carbocycles. The number of carboxylic acid groups (broad SMARTS) is 1. The molecule has 0 aliphatic rings. The zero-order valence-electron chi connectivity index (χ0n) is 17.3. The minimum absolute atomic E-state index is 0.111. The van der Waals surface area contributed by atoms with Crippen LogP contribution in [0, 0.1) is 0 Å². The van der Waals surface area contributed by atoms with Crippen LogP contribution in [-0.4, -0.2) is 21.6 Å². The summed E-state index contributed by atoms with van der Waals surface area (Å²) in [6.07, 6.45) is 1.71. The Hall–Kier alpha value is -4.65. The van der Waals surface area contributed by atoms with Gasteiger partial charge in [-0.05, 0) is 29.3 Å². The number of amides is 1. The van der Waals surface area contributed by atoms with Crippen molar-refractivity contribution in [3.63, 3.8) is 0 Å². The van der Waals surface area contributed by atoms with Gasteiger partial charge >= 0.3 is 11.9 Å². The third-order valence-electron chi connectivity index (χ3n) is 5.44. The average Bonchev–Trinajstić information content (AvgIpc) is 3.21. The molecule has 0 fully saturated rings. The topological polar surface area (TPSA) is 102 Å². The van der Waals surface area contributed by atoms with E-state index in [0.717, 1.165) is 27.5 Å². The molecule has 2 heterocycles. The first-order valence-corrected chi connectivity index (χ1v) is 10.2. The average molecular weight is 438 g/mol. The lowest BCUT2D eigenvalue weighted by molar-refractivity contribution is -0.147. The summed E-state index contributed by atoms with van der Waals surface area (Å²) in [7, 11) is 0. The first-order valence-electron chi connectivity index (χ1n) is 10.2. The molecular formula is C26H18N2O5. The molecule has 0 unspecified atom stereocenters. The lowest BCUT2D eigenvalue weighted by atomic mass is 10.00. The second kappa shape index (κ2) is 8.12. The maximum atomic E-state index is 13.1. The highest BCUT2D eigenvalue weighted by atomic mass is 16.4. The number of carboxylic acids is 1. The number of fused-ring (bicyclic) bond motifs is 3. The van der Waals surface area contributed by atoms with E-state index in [-0.39, 0.29) is 12.2 Å². The number of para-hydroxylation sites is 1. The van der Waals surface area contributed by atoms with Crippen molar-refractivity contribution in [2.75, 3.05) is 5.32 Å². The molecule has 5 rings (SSSR count). The zero-order valence-corrected chi connectivity index (χ0v) is 17.3. The number of anilines is 1. The van der Waals surface area contributed by atoms with Gasteiger partial charge < -0.3 is 19.4 Å². The van der Waals surface area contributed by atoms with E-state index in [1.165, 1.54) is 10.6 Å². The Morgan fingerprint density at radius 1 is 0.909 bits per heavy atom. The molecule has 0 aliphatic heterocycles. The van der Waals surface area contributed by atoms with Gasteiger partial charge in [0.25, 0.3) is 5.56 Å². The molecular weight excluding hydrogens is 420 g/mol. The van der Waals surface area contributed by atoms with Gasteiger partial charge in [-0.3, -0.25) is 9.59 Å². The van der Waals surface area contributed by atoms with Crippen LogP contribution in [0.25, 0.3) is 33.1 Å². The van der Waals surface area contributed by atoms with E-state index < -0.39 is 17.4 Å². The van der Waals surface area contributed by atoms with Crippen LogP contribution in [0.5, 0.6) is 0 Å². The minimum Gasteiger partial charge on any atom is -0.474 e. The largest absolute Gasteiger partial charge is 0.474 e. The normalized spacial score (nSPS) is 11.0. The predicted molar refractivity (Wildman–Crippen MR) is 125 cm³/mol. The number of nitrogens with one attached hydrogen (secondary N) is 1. The smallest absolute Gasteiger partial charge is 0.394 e. The zero-order chi connectivity index (χ0) is 22.9. The molecule has 5 aromatic rings. The van der Waals surface area contributed by atoms with Crippen molar-refractivity contribution >= 4 is 39.5 Å². The van der Waals surface area contributed by atoms with E-state index in [1.807, 2.05) is 72.8 Å². The molecule has 0 saturated carbocycles. The number of carbonyl (C=O) groups is 2. The quantitative estimate of drug-likeness (QED) is 0.403. The second-order valence-corrected chi connectivity index (χ2v) is 7.60. The van der Waals surface area contributed by atoms with E-state index in [0.29, 0.717) is 11.1 Å². The summed E-state index contributed by atoms with van der Waals surface area (Å²) in [6.45, 7) is 0.256. The Balaban J connectivity index is 1.73. The third kappa shape index (κ3) is 3.76. The summed E-state index contributed by atoms with van der Waals surface area (Å²) in [5.74, 6) is -2.94. The number of aliphatic carboxylic acids is 1. The van der Waals surface area contributed by atoms with Crippen LogP contribution in [0.2, 0.25) is 0 Å². The highest BCUT2D eigenvalue weighted by Gasteiger charge is 2.18. The van der Waals surface area contributed by atoms with Gasteiger partial charge in [0.15, 0.2) is 0 Å². The van der Waals surface area contributed by atoms with E-state index >= 15 is 0 Å². The predicted octanol–water partition coefficient (Wildman–Crippen LogP) is 4.49. The summed E-state index contributed by atoms with van der Waals surface area (Å²) in [6, 6.07) is 24.2. The molecule has 0 radical (unpaired) electrons. The Morgan fingerprint density at radius 3 is 2.42 bits per heavy atom. The number of carbonyl (C=O) groups excluding carboxylic acids is 1. The molecule has 0 aliphatic carbocycles. The van der Waals surface area contributed by atoms with Gasteiger partial charge in [0.2, 0.25) is 0 Å². The summed E-state index contributed by atoms with van der Waals surface area (Å²) < 4.78 is 7.44. The van der Waals surface area contributed by atoms with Gasteiger partial charge in [0.05, 0.1) is 6.54 Å². The SMILES string of the molecule is O=C(O)C(=O)Nc1cc(-c2cccc3oc4ccccc4c23)cn(Cc2ccccc2)c1=O. The summed E-state index contributed by atoms with van der Waals surface area (Å²) in [4.78, 5) is 36.0. The lowest BCUT2D eigenvalue weighted by Crippen LogP contribution is -2.29. The van der Waals surface area contributed by atoms with Gasteiger partial charge in [0.1, 0.15) is 16.9 Å². The lowest BCUT2D eigenvalue weighted by Gasteiger charge is -2.13. The van der Waals surface area contributed by atoms with Gasteiger partial charge in [-0.25, -0.2) is 4.79 Å². The Bertz CT molecular complexity index is 1580. The summed E-state index contributed by atoms with van der Waals surface area (Å²) in [5.41, 5.74) is 3.14. The first kappa shape index (κ1) is 20.3. The van der Waals surface area contributed by atoms with Crippen molar-refractivity contribution < 1.29 is 19.1 Å². The van der Waals surface area contributed by atoms with Crippen LogP contribution >= 0.6 is 0 Å². The van der Waals surface area contributed by atoms with Crippen molar-refractivity contribution in [2.24, 2.45) is 0 Å². The highest BCUT2D eigenvalue weighted by molar-refractivity contribution is 6.36. The number of pyridine rings is 1. The molecule has 7 nitrogen and oxygen atoms in total. The first-order chi connectivity index (χ1) is 16.0. The number of hydrogen-bond acceptors (Lipinski definition) is 4. The number of benzene rings is 3. The molecule has 2 aromatic heterocycles. The Labute approximate surface area is 187 Å². The van der Waals surface area contributed by atoms with E-state index in [1.54, 1.807) is 6.20 Å². The fraction of sp³-hybridized carbons (Fsp3) is 0.0385. The number of hydrogen-bond donors (Lipinski definition) is 2. The Morgan fingerprint density at radius 2 is 1.64 bits per heavy atom. The van der Waals surface area contributed by atoms with Gasteiger partial charge in [-0.2, -0.15) is 0 Å². The van der Waals surface area contributed by atoms with Gasteiger partial charge in [-0.1, -0.05) is 60.7 Å². The van der Waals surface area contributed by atoms with Crippen LogP contribution in [0.15, 0.2) is 94.3 Å². The van der Waals surface area contributed by atoms with E-state index in [4.69, 9.17) is 9.52 Å². The van der Waals surface area contributed by atoms with Crippen LogP contribution in [-0.2, 0) is 16.1 Å². The van der Waals surface area contributed by atoms with Crippen LogP contribution in [0.3, 0.4) is 0 Å². The van der Waals surface area contributed by atoms with Gasteiger partial charge in [-0.15, -0.1) is 0 Å². The molecule has 1 amide bonds. The number of aromatic nitrogens is 1. The van der Waals surface area contributed by atoms with Crippen molar-refractivity contribution in [2.45, 2.75) is 6.54 Å². The highest BCUT2D eigenvalue weighted by Crippen LogP contribution is 2.36. The van der Waals surface area contributed by atoms with Crippen molar-refractivity contribution in [1.82, 2.24) is 4.57 Å². The monoisotopic (exact) mass is 438 g/mol. The summed E-state index contributed by atoms with van der Waals surface area (Å²) in [5, 5.41) is 13.0. The van der Waals surface area contributed by atoms with Gasteiger partial charge in [0, 0.05) is 22.5 Å². The molecule has 0 saturated heterocycles. The van der Waals surface area contributed by atoms with Crippen molar-refractivity contribution in [3.8, 4) is 11.1 Å². The molecule has 7 heteroatoms. The van der Waals surface area contributed by atoms with E-state index in [2.05, 4.69) is 5.32 Å². The maximum absolute atomic E-state index is 13.1. The minimum atomic E-state index is -1.67. The van der Waals surface area contributed by atoms with Crippen molar-refractivity contribution in [1.29, 1.82) is 0 Å². The molecule has 33 heavy (non-hydrogen) atoms. The standard InChI is InChI=1S/C26H18N2O5/c29-24(26(31)32)27-20-13-17(15-28(25(20)30)14-16-7-2-1-3-8-16)18-10-6-12-22-23(18)19-9-4-5-11-21(19)33-22/h1-13,15H,14H2,(H,27,29)(H,31,32). The Kier molecular flexibility index (Phi) is 4.99. The molecule has 0 spiro atoms. The van der Waals surface area contributed by atoms with Crippen LogP contribution in [0.4, 0.5) is 5.69 Å². The van der Waals surface area contributed by atoms with Crippen LogP contribution < -0.4 is 10.9 Å². The third-order valence-corrected chi connectivity index (χ3v) is 5.44. The number of furan rings is 1. The number of rotatable bonds is 4. The fourth-order valence-electron chi connectivity index (χ4n) is 3.96. The molecule has 0 bridgehead atoms. The molecule has 0 atom stereocenters. The molecule has 2 N–H and O–H groups in total.